The predicted octanol–water partition coefficient (Wildman–Crippen LogP) is 1.95. The van der Waals surface area contributed by atoms with E-state index >= 15 is 0 Å². The average Bonchev–Trinajstić information content (AvgIpc) is 2.07. The third kappa shape index (κ3) is 4.33. The van der Waals surface area contributed by atoms with E-state index in [0.717, 1.165) is 0 Å². The number of hydrogen-bond donors (Lipinski definition) is 0. The molecule has 0 amide bonds. The number of hydrogen-bond acceptors (Lipinski definition) is 4. The quantitative estimate of drug-likeness (QED) is 0.460. The standard InChI is InChI=1S/C7H17O4P/c1-5-10-7(11-6-2)12(8-3)9-4/h7H,5-6H2,1-4H3. The van der Waals surface area contributed by atoms with Gasteiger partial charge in [-0.15, -0.1) is 0 Å². The van der Waals surface area contributed by atoms with Crippen molar-refractivity contribution in [3.8, 4) is 0 Å². The van der Waals surface area contributed by atoms with Gasteiger partial charge in [0.15, 0.2) is 0 Å². The molecule has 0 aromatic heterocycles. The van der Waals surface area contributed by atoms with Gasteiger partial charge in [-0.2, -0.15) is 0 Å². The molecule has 0 aromatic rings. The van der Waals surface area contributed by atoms with Gasteiger partial charge in [0, 0.05) is 27.4 Å². The summed E-state index contributed by atoms with van der Waals surface area (Å²) in [6, 6.07) is -0.370. The van der Waals surface area contributed by atoms with Gasteiger partial charge in [-0.1, -0.05) is 0 Å². The van der Waals surface area contributed by atoms with E-state index in [0.29, 0.717) is 13.2 Å². The second-order valence-electron chi connectivity index (χ2n) is 1.87. The minimum Gasteiger partial charge on any atom is -0.345 e. The van der Waals surface area contributed by atoms with Crippen LogP contribution in [0.3, 0.4) is 0 Å². The van der Waals surface area contributed by atoms with Crippen molar-refractivity contribution >= 4 is 8.38 Å². The Bertz CT molecular complexity index is 91.4. The van der Waals surface area contributed by atoms with Crippen molar-refractivity contribution in [1.82, 2.24) is 0 Å². The molecule has 0 atom stereocenters. The number of ether oxygens (including phenoxy) is 2. The molecule has 4 nitrogen and oxygen atoms in total. The van der Waals surface area contributed by atoms with E-state index < -0.39 is 8.38 Å². The first-order valence-corrected chi connectivity index (χ1v) is 5.15. The first-order chi connectivity index (χ1) is 5.79. The molecular weight excluding hydrogens is 179 g/mol. The van der Waals surface area contributed by atoms with Crippen molar-refractivity contribution in [3.63, 3.8) is 0 Å². The first-order valence-electron chi connectivity index (χ1n) is 3.90. The molecule has 5 heteroatoms. The molecule has 0 fully saturated rings. The Morgan fingerprint density at radius 1 is 1.00 bits per heavy atom. The molecule has 0 aromatic carbocycles. The fourth-order valence-corrected chi connectivity index (χ4v) is 1.74. The second kappa shape index (κ2) is 7.90. The van der Waals surface area contributed by atoms with Crippen LogP contribution < -0.4 is 0 Å². The fourth-order valence-electron chi connectivity index (χ4n) is 0.702. The SMILES string of the molecule is CCOC(OCC)P(OC)OC. The highest BCUT2D eigenvalue weighted by Crippen LogP contribution is 2.42. The second-order valence-corrected chi connectivity index (χ2v) is 3.59. The molecule has 0 aliphatic heterocycles. The molecule has 0 saturated heterocycles. The molecule has 0 aliphatic rings. The van der Waals surface area contributed by atoms with E-state index in [1.54, 1.807) is 14.2 Å². The van der Waals surface area contributed by atoms with Crippen molar-refractivity contribution in [1.29, 1.82) is 0 Å². The third-order valence-electron chi connectivity index (χ3n) is 1.15. The van der Waals surface area contributed by atoms with Crippen LogP contribution in [0.1, 0.15) is 13.8 Å². The van der Waals surface area contributed by atoms with Crippen LogP contribution in [0.4, 0.5) is 0 Å². The highest BCUT2D eigenvalue weighted by Gasteiger charge is 2.22. The van der Waals surface area contributed by atoms with Crippen LogP contribution >= 0.6 is 8.38 Å². The van der Waals surface area contributed by atoms with Gasteiger partial charge < -0.3 is 18.5 Å². The maximum atomic E-state index is 5.28. The van der Waals surface area contributed by atoms with Gasteiger partial charge in [0.1, 0.15) is 0 Å². The van der Waals surface area contributed by atoms with Crippen LogP contribution in [-0.2, 0) is 18.5 Å². The van der Waals surface area contributed by atoms with Crippen LogP contribution in [0.15, 0.2) is 0 Å². The smallest absolute Gasteiger partial charge is 0.231 e. The molecule has 0 unspecified atom stereocenters. The summed E-state index contributed by atoms with van der Waals surface area (Å²) in [5, 5.41) is 0. The van der Waals surface area contributed by atoms with E-state index in [4.69, 9.17) is 18.5 Å². The monoisotopic (exact) mass is 196 g/mol. The van der Waals surface area contributed by atoms with Crippen LogP contribution in [0, 0.1) is 0 Å². The molecule has 0 saturated carbocycles. The summed E-state index contributed by atoms with van der Waals surface area (Å²) in [6.45, 7) is 5.00. The minimum atomic E-state index is -1.08. The summed E-state index contributed by atoms with van der Waals surface area (Å²) in [7, 11) is 2.09. The lowest BCUT2D eigenvalue weighted by Crippen LogP contribution is -2.16. The van der Waals surface area contributed by atoms with Crippen molar-refractivity contribution in [2.45, 2.75) is 19.9 Å². The molecule has 0 spiro atoms. The highest BCUT2D eigenvalue weighted by atomic mass is 31.2. The van der Waals surface area contributed by atoms with E-state index in [9.17, 15) is 0 Å². The molecule has 0 rings (SSSR count). The topological polar surface area (TPSA) is 36.9 Å². The van der Waals surface area contributed by atoms with Crippen LogP contribution in [0.2, 0.25) is 0 Å². The molecule has 0 aliphatic carbocycles. The Hall–Kier alpha value is 0.270. The zero-order chi connectivity index (χ0) is 9.40. The highest BCUT2D eigenvalue weighted by molar-refractivity contribution is 7.47. The van der Waals surface area contributed by atoms with Gasteiger partial charge in [0.05, 0.1) is 0 Å². The van der Waals surface area contributed by atoms with E-state index in [-0.39, 0.29) is 6.03 Å². The van der Waals surface area contributed by atoms with E-state index in [1.165, 1.54) is 0 Å². The Kier molecular flexibility index (Phi) is 8.07. The molecule has 12 heavy (non-hydrogen) atoms. The summed E-state index contributed by atoms with van der Waals surface area (Å²) in [5.41, 5.74) is 0. The fraction of sp³-hybridized carbons (Fsp3) is 1.00. The Morgan fingerprint density at radius 2 is 1.42 bits per heavy atom. The van der Waals surface area contributed by atoms with Crippen LogP contribution in [0.25, 0.3) is 0 Å². The van der Waals surface area contributed by atoms with Crippen LogP contribution in [-0.4, -0.2) is 33.5 Å². The lowest BCUT2D eigenvalue weighted by atomic mass is 10.9. The summed E-state index contributed by atoms with van der Waals surface area (Å²) in [5.74, 6) is 0. The zero-order valence-electron chi connectivity index (χ0n) is 8.07. The maximum absolute atomic E-state index is 5.28. The zero-order valence-corrected chi connectivity index (χ0v) is 8.97. The largest absolute Gasteiger partial charge is 0.345 e. The first kappa shape index (κ1) is 12.3. The minimum absolute atomic E-state index is 0.370. The molecule has 74 valence electrons. The van der Waals surface area contributed by atoms with Crippen LogP contribution in [0.5, 0.6) is 0 Å². The van der Waals surface area contributed by atoms with Crippen molar-refractivity contribution in [2.75, 3.05) is 27.4 Å². The van der Waals surface area contributed by atoms with Gasteiger partial charge in [0.25, 0.3) is 0 Å². The Morgan fingerprint density at radius 3 is 1.67 bits per heavy atom. The van der Waals surface area contributed by atoms with E-state index in [2.05, 4.69) is 0 Å². The lowest BCUT2D eigenvalue weighted by Gasteiger charge is -2.22. The lowest BCUT2D eigenvalue weighted by molar-refractivity contribution is -0.0894. The summed E-state index contributed by atoms with van der Waals surface area (Å²) >= 11 is 0. The Balaban J connectivity index is 3.86. The summed E-state index contributed by atoms with van der Waals surface area (Å²) < 4.78 is 20.7. The molecule has 0 heterocycles. The van der Waals surface area contributed by atoms with Crippen molar-refractivity contribution in [2.24, 2.45) is 0 Å². The van der Waals surface area contributed by atoms with Gasteiger partial charge in [-0.3, -0.25) is 0 Å². The molecular formula is C7H17O4P. The van der Waals surface area contributed by atoms with Crippen molar-refractivity contribution < 1.29 is 18.5 Å². The molecule has 0 bridgehead atoms. The van der Waals surface area contributed by atoms with E-state index in [1.807, 2.05) is 13.8 Å². The van der Waals surface area contributed by atoms with Gasteiger partial charge >= 0.3 is 0 Å². The predicted molar refractivity (Wildman–Crippen MR) is 48.0 cm³/mol. The molecule has 0 N–H and O–H groups in total. The molecule has 0 radical (unpaired) electrons. The summed E-state index contributed by atoms with van der Waals surface area (Å²) in [6.07, 6.45) is 0. The number of rotatable bonds is 7. The summed E-state index contributed by atoms with van der Waals surface area (Å²) in [4.78, 5) is 0. The van der Waals surface area contributed by atoms with Crippen molar-refractivity contribution in [3.05, 3.63) is 0 Å². The maximum Gasteiger partial charge on any atom is 0.231 e. The normalized spacial score (nSPS) is 11.5. The van der Waals surface area contributed by atoms with Gasteiger partial charge in [-0.05, 0) is 13.8 Å². The Labute approximate surface area is 75.1 Å². The average molecular weight is 196 g/mol. The van der Waals surface area contributed by atoms with Gasteiger partial charge in [0.2, 0.25) is 14.4 Å². The van der Waals surface area contributed by atoms with Gasteiger partial charge in [-0.25, -0.2) is 0 Å². The third-order valence-corrected chi connectivity index (χ3v) is 2.51.